The maximum atomic E-state index is 12.8. The van der Waals surface area contributed by atoms with E-state index < -0.39 is 5.92 Å². The average Bonchev–Trinajstić information content (AvgIpc) is 2.78. The fourth-order valence-corrected chi connectivity index (χ4v) is 4.61. The van der Waals surface area contributed by atoms with Gasteiger partial charge in [-0.05, 0) is 36.6 Å². The van der Waals surface area contributed by atoms with Crippen LogP contribution in [0.5, 0.6) is 11.5 Å². The van der Waals surface area contributed by atoms with Gasteiger partial charge in [0.25, 0.3) is 0 Å². The van der Waals surface area contributed by atoms with Crippen molar-refractivity contribution in [3.8, 4) is 17.6 Å². The molecule has 0 spiro atoms. The Morgan fingerprint density at radius 2 is 1.97 bits per heavy atom. The van der Waals surface area contributed by atoms with Gasteiger partial charge in [0.15, 0.2) is 17.3 Å². The van der Waals surface area contributed by atoms with Crippen molar-refractivity contribution in [3.05, 3.63) is 80.3 Å². The Morgan fingerprint density at radius 3 is 2.66 bits per heavy atom. The zero-order valence-corrected chi connectivity index (χ0v) is 19.5. The normalized spacial score (nSPS) is 18.1. The minimum absolute atomic E-state index is 0.0259. The molecule has 2 aliphatic rings. The molecule has 1 heterocycles. The summed E-state index contributed by atoms with van der Waals surface area (Å²) < 4.78 is 18.0. The van der Waals surface area contributed by atoms with E-state index in [-0.39, 0.29) is 17.2 Å². The molecule has 2 N–H and O–H groups in total. The number of rotatable bonds is 5. The fraction of sp³-hybridized carbons (Fsp3) is 0.280. The van der Waals surface area contributed by atoms with Crippen molar-refractivity contribution in [2.45, 2.75) is 38.7 Å². The van der Waals surface area contributed by atoms with Crippen molar-refractivity contribution in [2.24, 2.45) is 5.73 Å². The van der Waals surface area contributed by atoms with Crippen LogP contribution in [-0.2, 0) is 16.1 Å². The van der Waals surface area contributed by atoms with Crippen LogP contribution < -0.4 is 15.2 Å². The minimum Gasteiger partial charge on any atom is -0.493 e. The summed E-state index contributed by atoms with van der Waals surface area (Å²) in [7, 11) is 1.56. The molecule has 4 rings (SSSR count). The molecule has 1 aliphatic carbocycles. The second-order valence-electron chi connectivity index (χ2n) is 7.84. The topological polar surface area (TPSA) is 94.6 Å². The van der Waals surface area contributed by atoms with Crippen molar-refractivity contribution in [3.63, 3.8) is 0 Å². The third-order valence-corrected chi connectivity index (χ3v) is 6.40. The van der Waals surface area contributed by atoms with Crippen molar-refractivity contribution in [1.82, 2.24) is 0 Å². The monoisotopic (exact) mass is 494 g/mol. The van der Waals surface area contributed by atoms with E-state index in [2.05, 4.69) is 22.0 Å². The Morgan fingerprint density at radius 1 is 1.22 bits per heavy atom. The Kier molecular flexibility index (Phi) is 6.24. The lowest BCUT2D eigenvalue weighted by atomic mass is 9.77. The van der Waals surface area contributed by atoms with Crippen LogP contribution in [0.2, 0.25) is 0 Å². The highest BCUT2D eigenvalue weighted by molar-refractivity contribution is 9.10. The highest BCUT2D eigenvalue weighted by atomic mass is 79.9. The number of nitriles is 1. The number of hydrogen-bond donors (Lipinski definition) is 1. The largest absolute Gasteiger partial charge is 0.493 e. The van der Waals surface area contributed by atoms with E-state index >= 15 is 0 Å². The Labute approximate surface area is 195 Å². The molecule has 1 unspecified atom stereocenters. The summed E-state index contributed by atoms with van der Waals surface area (Å²) >= 11 is 3.61. The molecule has 0 fully saturated rings. The van der Waals surface area contributed by atoms with Crippen LogP contribution in [0.3, 0.4) is 0 Å². The van der Waals surface area contributed by atoms with Gasteiger partial charge in [-0.25, -0.2) is 0 Å². The molecule has 6 nitrogen and oxygen atoms in total. The first-order chi connectivity index (χ1) is 15.4. The number of methoxy groups -OCH3 is 1. The first kappa shape index (κ1) is 22.0. The third-order valence-electron chi connectivity index (χ3n) is 5.71. The van der Waals surface area contributed by atoms with E-state index in [4.69, 9.17) is 19.9 Å². The molecule has 0 bridgehead atoms. The number of hydrogen-bond acceptors (Lipinski definition) is 6. The minimum atomic E-state index is -0.619. The third kappa shape index (κ3) is 4.11. The van der Waals surface area contributed by atoms with Gasteiger partial charge in [0.1, 0.15) is 24.0 Å². The first-order valence-electron chi connectivity index (χ1n) is 10.3. The molecule has 2 aromatic carbocycles. The number of nitrogens with zero attached hydrogens (tertiary/aromatic N) is 1. The first-order valence-corrected chi connectivity index (χ1v) is 11.1. The van der Waals surface area contributed by atoms with E-state index in [9.17, 15) is 10.1 Å². The number of halogens is 1. The molecule has 1 aliphatic heterocycles. The average molecular weight is 495 g/mol. The maximum absolute atomic E-state index is 12.8. The summed E-state index contributed by atoms with van der Waals surface area (Å²) in [5.74, 6) is 0.997. The molecule has 2 aromatic rings. The van der Waals surface area contributed by atoms with Gasteiger partial charge in [0, 0.05) is 22.9 Å². The van der Waals surface area contributed by atoms with Gasteiger partial charge in [0.2, 0.25) is 5.88 Å². The van der Waals surface area contributed by atoms with Crippen LogP contribution in [0.15, 0.2) is 63.7 Å². The Hall–Kier alpha value is -3.24. The molecular weight excluding hydrogens is 472 g/mol. The molecule has 0 aromatic heterocycles. The van der Waals surface area contributed by atoms with Crippen LogP contribution in [0.4, 0.5) is 0 Å². The zero-order chi connectivity index (χ0) is 22.8. The number of ether oxygens (including phenoxy) is 3. The summed E-state index contributed by atoms with van der Waals surface area (Å²) in [4.78, 5) is 12.8. The lowest BCUT2D eigenvalue weighted by molar-refractivity contribution is -0.116. The van der Waals surface area contributed by atoms with E-state index in [1.165, 1.54) is 5.56 Å². The van der Waals surface area contributed by atoms with E-state index in [0.717, 1.165) is 5.56 Å². The van der Waals surface area contributed by atoms with Crippen molar-refractivity contribution in [2.75, 3.05) is 7.11 Å². The van der Waals surface area contributed by atoms with Crippen molar-refractivity contribution in [1.29, 1.82) is 5.26 Å². The summed E-state index contributed by atoms with van der Waals surface area (Å²) in [6.07, 6.45) is 1.74. The number of Topliss-reactive ketones (excluding diaryl/α,β-unsaturated/α-hetero) is 1. The highest BCUT2D eigenvalue weighted by Gasteiger charge is 2.39. The molecule has 0 saturated heterocycles. The van der Waals surface area contributed by atoms with Gasteiger partial charge in [-0.2, -0.15) is 5.26 Å². The number of benzene rings is 2. The van der Waals surface area contributed by atoms with Gasteiger partial charge in [0.05, 0.1) is 13.0 Å². The van der Waals surface area contributed by atoms with Gasteiger partial charge in [-0.1, -0.05) is 45.8 Å². The smallest absolute Gasteiger partial charge is 0.205 e. The van der Waals surface area contributed by atoms with Gasteiger partial charge < -0.3 is 19.9 Å². The highest BCUT2D eigenvalue weighted by Crippen LogP contribution is 2.47. The van der Waals surface area contributed by atoms with E-state index in [1.807, 2.05) is 31.2 Å². The quantitative estimate of drug-likeness (QED) is 0.616. The lowest BCUT2D eigenvalue weighted by Gasteiger charge is -2.31. The van der Waals surface area contributed by atoms with Crippen LogP contribution in [0.1, 0.15) is 41.9 Å². The van der Waals surface area contributed by atoms with Crippen LogP contribution in [0, 0.1) is 18.3 Å². The number of aryl methyl sites for hydroxylation is 1. The molecule has 7 heteroatoms. The van der Waals surface area contributed by atoms with E-state index in [1.54, 1.807) is 19.2 Å². The zero-order valence-electron chi connectivity index (χ0n) is 17.9. The standard InChI is InChI=1S/C25H23BrN2O4/c1-14-6-8-15(9-7-14)13-31-22-11-18(26)16(10-21(22)30-2)23-17(12-27)25(28)32-20-5-3-4-19(29)24(20)23/h6-11,23H,3-5,13,28H2,1-2H3. The number of nitrogens with two attached hydrogens (primary N) is 1. The summed E-state index contributed by atoms with van der Waals surface area (Å²) in [5.41, 5.74) is 9.70. The van der Waals surface area contributed by atoms with Gasteiger partial charge in [-0.15, -0.1) is 0 Å². The summed E-state index contributed by atoms with van der Waals surface area (Å²) in [5, 5.41) is 9.80. The number of carbonyl (C=O) groups is 1. The molecular formula is C25H23BrN2O4. The molecule has 1 atom stereocenters. The van der Waals surface area contributed by atoms with Gasteiger partial charge >= 0.3 is 0 Å². The van der Waals surface area contributed by atoms with Gasteiger partial charge in [-0.3, -0.25) is 4.79 Å². The second-order valence-corrected chi connectivity index (χ2v) is 8.69. The molecule has 0 radical (unpaired) electrons. The fourth-order valence-electron chi connectivity index (χ4n) is 4.06. The van der Waals surface area contributed by atoms with Crippen LogP contribution in [0.25, 0.3) is 0 Å². The predicted octanol–water partition coefficient (Wildman–Crippen LogP) is 5.16. The molecule has 164 valence electrons. The summed E-state index contributed by atoms with van der Waals surface area (Å²) in [6, 6.07) is 13.8. The molecule has 0 amide bonds. The Bertz CT molecular complexity index is 1180. The van der Waals surface area contributed by atoms with E-state index in [0.29, 0.717) is 58.7 Å². The Balaban J connectivity index is 1.73. The van der Waals surface area contributed by atoms with Crippen molar-refractivity contribution >= 4 is 21.7 Å². The number of allylic oxidation sites excluding steroid dienone is 3. The lowest BCUT2D eigenvalue weighted by Crippen LogP contribution is -2.27. The van der Waals surface area contributed by atoms with Crippen LogP contribution in [-0.4, -0.2) is 12.9 Å². The number of carbonyl (C=O) groups excluding carboxylic acids is 1. The SMILES string of the molecule is COc1cc(C2C(C#N)=C(N)OC3=C2C(=O)CCC3)c(Br)cc1OCc1ccc(C)cc1. The maximum Gasteiger partial charge on any atom is 0.205 e. The number of ketones is 1. The second kappa shape index (κ2) is 9.09. The summed E-state index contributed by atoms with van der Waals surface area (Å²) in [6.45, 7) is 2.41. The predicted molar refractivity (Wildman–Crippen MR) is 123 cm³/mol. The van der Waals surface area contributed by atoms with Crippen molar-refractivity contribution < 1.29 is 19.0 Å². The molecule has 0 saturated carbocycles. The van der Waals surface area contributed by atoms with Crippen LogP contribution >= 0.6 is 15.9 Å². The molecule has 32 heavy (non-hydrogen) atoms.